The van der Waals surface area contributed by atoms with Crippen LogP contribution >= 0.6 is 11.8 Å². The molecule has 2 rings (SSSR count). The molecule has 0 spiro atoms. The molecule has 0 radical (unpaired) electrons. The minimum atomic E-state index is -0.311. The van der Waals surface area contributed by atoms with Crippen molar-refractivity contribution in [1.29, 1.82) is 0 Å². The predicted octanol–water partition coefficient (Wildman–Crippen LogP) is 3.37. The van der Waals surface area contributed by atoms with Gasteiger partial charge in [0.15, 0.2) is 0 Å². The van der Waals surface area contributed by atoms with Crippen LogP contribution in [0.2, 0.25) is 0 Å². The lowest BCUT2D eigenvalue weighted by molar-refractivity contribution is 0.0949. The second-order valence-electron chi connectivity index (χ2n) is 5.57. The number of rotatable bonds is 8. The molecule has 2 aromatic rings. The normalized spacial score (nSPS) is 10.5. The summed E-state index contributed by atoms with van der Waals surface area (Å²) in [7, 11) is 0. The molecule has 0 aliphatic rings. The topological polar surface area (TPSA) is 52.6 Å². The van der Waals surface area contributed by atoms with Crippen molar-refractivity contribution in [2.24, 2.45) is 0 Å². The van der Waals surface area contributed by atoms with E-state index in [2.05, 4.69) is 11.2 Å². The second kappa shape index (κ2) is 9.85. The van der Waals surface area contributed by atoms with E-state index in [1.807, 2.05) is 11.8 Å². The van der Waals surface area contributed by atoms with Crippen molar-refractivity contribution in [3.05, 3.63) is 53.8 Å². The van der Waals surface area contributed by atoms with Crippen LogP contribution in [0.1, 0.15) is 17.3 Å². The maximum absolute atomic E-state index is 12.9. The highest BCUT2D eigenvalue weighted by molar-refractivity contribution is 7.99. The van der Waals surface area contributed by atoms with Crippen molar-refractivity contribution in [3.8, 4) is 18.1 Å². The molecular formula is C20H21FN2O2S. The molecule has 0 saturated heterocycles. The summed E-state index contributed by atoms with van der Waals surface area (Å²) in [6.45, 7) is 4.51. The smallest absolute Gasteiger partial charge is 0.251 e. The van der Waals surface area contributed by atoms with E-state index in [1.165, 1.54) is 30.0 Å². The van der Waals surface area contributed by atoms with Crippen molar-refractivity contribution < 1.29 is 14.3 Å². The molecule has 1 amide bonds. The molecule has 0 fully saturated rings. The van der Waals surface area contributed by atoms with E-state index in [-0.39, 0.29) is 17.5 Å². The van der Waals surface area contributed by atoms with Crippen LogP contribution < -0.4 is 5.32 Å². The molecule has 6 heteroatoms. The molecule has 2 aromatic carbocycles. The average Bonchev–Trinajstić information content (AvgIpc) is 2.64. The second-order valence-corrected chi connectivity index (χ2v) is 6.68. The van der Waals surface area contributed by atoms with E-state index in [0.29, 0.717) is 30.1 Å². The number of nitrogens with zero attached hydrogens (tertiary/aromatic N) is 1. The molecule has 0 aliphatic carbocycles. The predicted molar refractivity (Wildman–Crippen MR) is 102 cm³/mol. The van der Waals surface area contributed by atoms with Gasteiger partial charge in [-0.05, 0) is 49.0 Å². The first-order valence-electron chi connectivity index (χ1n) is 8.24. The van der Waals surface area contributed by atoms with E-state index >= 15 is 0 Å². The van der Waals surface area contributed by atoms with Gasteiger partial charge in [-0.1, -0.05) is 24.6 Å². The third-order valence-electron chi connectivity index (χ3n) is 3.74. The molecule has 0 heterocycles. The number of aromatic hydroxyl groups is 1. The monoisotopic (exact) mass is 372 g/mol. The lowest BCUT2D eigenvalue weighted by Crippen LogP contribution is -2.35. The summed E-state index contributed by atoms with van der Waals surface area (Å²) in [6.07, 6.45) is 5.29. The first kappa shape index (κ1) is 19.8. The van der Waals surface area contributed by atoms with E-state index in [4.69, 9.17) is 6.42 Å². The third kappa shape index (κ3) is 5.80. The fourth-order valence-corrected chi connectivity index (χ4v) is 3.11. The van der Waals surface area contributed by atoms with Crippen molar-refractivity contribution in [1.82, 2.24) is 10.2 Å². The van der Waals surface area contributed by atoms with Gasteiger partial charge in [-0.25, -0.2) is 4.39 Å². The molecule has 0 unspecified atom stereocenters. The minimum absolute atomic E-state index is 0.00879. The van der Waals surface area contributed by atoms with Gasteiger partial charge >= 0.3 is 0 Å². The maximum atomic E-state index is 12.9. The highest BCUT2D eigenvalue weighted by atomic mass is 32.2. The Labute approximate surface area is 157 Å². The summed E-state index contributed by atoms with van der Waals surface area (Å²) in [5, 5.41) is 13.0. The number of nitrogens with one attached hydrogen (secondary N) is 1. The van der Waals surface area contributed by atoms with Gasteiger partial charge in [0.2, 0.25) is 0 Å². The highest BCUT2D eigenvalue weighted by Gasteiger charge is 2.11. The Morgan fingerprint density at radius 3 is 2.65 bits per heavy atom. The van der Waals surface area contributed by atoms with Crippen LogP contribution in [0.15, 0.2) is 52.3 Å². The Morgan fingerprint density at radius 1 is 1.31 bits per heavy atom. The zero-order chi connectivity index (χ0) is 18.9. The number of hydrogen-bond donors (Lipinski definition) is 2. The van der Waals surface area contributed by atoms with Crippen LogP contribution in [0.25, 0.3) is 0 Å². The number of terminal acetylenes is 1. The summed E-state index contributed by atoms with van der Waals surface area (Å²) in [5.41, 5.74) is 0.381. The van der Waals surface area contributed by atoms with Gasteiger partial charge in [-0.3, -0.25) is 9.69 Å². The zero-order valence-corrected chi connectivity index (χ0v) is 15.4. The van der Waals surface area contributed by atoms with Crippen LogP contribution in [-0.2, 0) is 0 Å². The molecule has 2 N–H and O–H groups in total. The summed E-state index contributed by atoms with van der Waals surface area (Å²) in [6, 6.07) is 10.8. The third-order valence-corrected chi connectivity index (χ3v) is 4.81. The Kier molecular flexibility index (Phi) is 7.52. The average molecular weight is 372 g/mol. The fourth-order valence-electron chi connectivity index (χ4n) is 2.28. The zero-order valence-electron chi connectivity index (χ0n) is 14.5. The standard InChI is InChI=1S/C20H21FN2O2S/c1-3-12-23(4-2)13-11-22-20(25)15-5-10-19(18(24)14-15)26-17-8-6-16(21)7-9-17/h1,5-10,14,24H,4,11-13H2,2H3,(H,22,25). The van der Waals surface area contributed by atoms with E-state index in [0.717, 1.165) is 11.4 Å². The summed E-state index contributed by atoms with van der Waals surface area (Å²) < 4.78 is 12.9. The Morgan fingerprint density at radius 2 is 2.04 bits per heavy atom. The van der Waals surface area contributed by atoms with Crippen LogP contribution in [-0.4, -0.2) is 42.1 Å². The van der Waals surface area contributed by atoms with Crippen molar-refractivity contribution in [2.75, 3.05) is 26.2 Å². The maximum Gasteiger partial charge on any atom is 0.251 e. The number of phenolic OH excluding ortho intramolecular Hbond substituents is 1. The number of amides is 1. The lowest BCUT2D eigenvalue weighted by Gasteiger charge is -2.17. The molecule has 0 atom stereocenters. The Balaban J connectivity index is 1.94. The molecule has 26 heavy (non-hydrogen) atoms. The SMILES string of the molecule is C#CCN(CC)CCNC(=O)c1ccc(Sc2ccc(F)cc2)c(O)c1. The summed E-state index contributed by atoms with van der Waals surface area (Å²) in [4.78, 5) is 15.6. The van der Waals surface area contributed by atoms with E-state index in [1.54, 1.807) is 24.3 Å². The van der Waals surface area contributed by atoms with Crippen molar-refractivity contribution in [2.45, 2.75) is 16.7 Å². The van der Waals surface area contributed by atoms with Crippen LogP contribution in [0.5, 0.6) is 5.75 Å². The summed E-state index contributed by atoms with van der Waals surface area (Å²) >= 11 is 1.30. The van der Waals surface area contributed by atoms with Gasteiger partial charge in [0.05, 0.1) is 11.4 Å². The highest BCUT2D eigenvalue weighted by Crippen LogP contribution is 2.34. The molecule has 0 aromatic heterocycles. The number of phenols is 1. The van der Waals surface area contributed by atoms with E-state index in [9.17, 15) is 14.3 Å². The number of halogens is 1. The Bertz CT molecular complexity index is 787. The minimum Gasteiger partial charge on any atom is -0.507 e. The van der Waals surface area contributed by atoms with Crippen molar-refractivity contribution >= 4 is 17.7 Å². The molecule has 4 nitrogen and oxygen atoms in total. The van der Waals surface area contributed by atoms with Gasteiger partial charge in [-0.2, -0.15) is 0 Å². The van der Waals surface area contributed by atoms with Gasteiger partial charge < -0.3 is 10.4 Å². The van der Waals surface area contributed by atoms with Gasteiger partial charge in [0.1, 0.15) is 11.6 Å². The largest absolute Gasteiger partial charge is 0.507 e. The Hall–Kier alpha value is -2.49. The number of hydrogen-bond acceptors (Lipinski definition) is 4. The van der Waals surface area contributed by atoms with Crippen LogP contribution in [0.3, 0.4) is 0 Å². The molecule has 0 bridgehead atoms. The number of benzene rings is 2. The summed E-state index contributed by atoms with van der Waals surface area (Å²) in [5.74, 6) is 2.03. The number of carbonyl (C=O) groups is 1. The quantitative estimate of drug-likeness (QED) is 0.698. The molecule has 0 saturated carbocycles. The van der Waals surface area contributed by atoms with Crippen LogP contribution in [0, 0.1) is 18.2 Å². The van der Waals surface area contributed by atoms with Gasteiger partial charge in [0, 0.05) is 23.5 Å². The van der Waals surface area contributed by atoms with Crippen LogP contribution in [0.4, 0.5) is 4.39 Å². The number of likely N-dealkylation sites (N-methyl/N-ethyl adjacent to an activating group) is 1. The van der Waals surface area contributed by atoms with Crippen molar-refractivity contribution in [3.63, 3.8) is 0 Å². The molecular weight excluding hydrogens is 351 g/mol. The fraction of sp³-hybridized carbons (Fsp3) is 0.250. The lowest BCUT2D eigenvalue weighted by atomic mass is 10.2. The molecule has 0 aliphatic heterocycles. The van der Waals surface area contributed by atoms with Gasteiger partial charge in [-0.15, -0.1) is 6.42 Å². The molecule has 136 valence electrons. The van der Waals surface area contributed by atoms with E-state index < -0.39 is 0 Å². The first-order chi connectivity index (χ1) is 12.5. The van der Waals surface area contributed by atoms with Gasteiger partial charge in [0.25, 0.3) is 5.91 Å². The first-order valence-corrected chi connectivity index (χ1v) is 9.05. The number of carbonyl (C=O) groups excluding carboxylic acids is 1.